The minimum atomic E-state index is -0.476. The van der Waals surface area contributed by atoms with Crippen LogP contribution in [-0.2, 0) is 4.74 Å². The zero-order chi connectivity index (χ0) is 15.4. The van der Waals surface area contributed by atoms with Crippen LogP contribution in [0.2, 0.25) is 0 Å². The summed E-state index contributed by atoms with van der Waals surface area (Å²) in [4.78, 5) is 15.6. The van der Waals surface area contributed by atoms with E-state index in [2.05, 4.69) is 20.8 Å². The van der Waals surface area contributed by atoms with E-state index in [1.54, 1.807) is 11.8 Å². The molecular weight excluding hydrogens is 336 g/mol. The van der Waals surface area contributed by atoms with Gasteiger partial charge in [0.15, 0.2) is 0 Å². The van der Waals surface area contributed by atoms with Gasteiger partial charge in [0, 0.05) is 30.7 Å². The second-order valence-corrected chi connectivity index (χ2v) is 5.91. The number of aliphatic hydroxyl groups excluding tert-OH is 1. The molecule has 116 valence electrons. The first-order chi connectivity index (χ1) is 10.0. The van der Waals surface area contributed by atoms with Gasteiger partial charge in [0.05, 0.1) is 18.4 Å². The Balaban J connectivity index is 2.01. The van der Waals surface area contributed by atoms with Crippen LogP contribution in [0.4, 0.5) is 10.5 Å². The molecule has 0 saturated carbocycles. The molecule has 1 atom stereocenters. The number of amides is 1. The molecule has 5 nitrogen and oxygen atoms in total. The zero-order valence-electron chi connectivity index (χ0n) is 12.4. The molecule has 1 heterocycles. The first kappa shape index (κ1) is 16.1. The van der Waals surface area contributed by atoms with Crippen LogP contribution in [0.1, 0.15) is 25.5 Å². The van der Waals surface area contributed by atoms with Gasteiger partial charge < -0.3 is 19.6 Å². The van der Waals surface area contributed by atoms with Crippen LogP contribution in [-0.4, -0.2) is 48.9 Å². The van der Waals surface area contributed by atoms with Crippen molar-refractivity contribution < 1.29 is 14.6 Å². The van der Waals surface area contributed by atoms with Gasteiger partial charge in [-0.1, -0.05) is 6.07 Å². The fourth-order valence-corrected chi connectivity index (χ4v) is 3.03. The summed E-state index contributed by atoms with van der Waals surface area (Å²) in [5.74, 6) is 0. The Kier molecular flexibility index (Phi) is 5.47. The smallest absolute Gasteiger partial charge is 0.409 e. The van der Waals surface area contributed by atoms with Crippen molar-refractivity contribution >= 4 is 27.7 Å². The number of benzene rings is 1. The largest absolute Gasteiger partial charge is 0.450 e. The minimum Gasteiger partial charge on any atom is -0.450 e. The Hall–Kier alpha value is -1.27. The average molecular weight is 357 g/mol. The van der Waals surface area contributed by atoms with Gasteiger partial charge in [-0.05, 0) is 47.5 Å². The Labute approximate surface area is 133 Å². The SMILES string of the molecule is CCOC(=O)N1CCN(c2ccc([C@H](C)O)cc2Br)CC1. The van der Waals surface area contributed by atoms with Crippen molar-refractivity contribution in [3.63, 3.8) is 0 Å². The third-order valence-corrected chi connectivity index (χ3v) is 4.24. The van der Waals surface area contributed by atoms with Gasteiger partial charge in [-0.25, -0.2) is 4.79 Å². The molecule has 0 radical (unpaired) electrons. The summed E-state index contributed by atoms with van der Waals surface area (Å²) in [5.41, 5.74) is 1.97. The van der Waals surface area contributed by atoms with Gasteiger partial charge in [-0.2, -0.15) is 0 Å². The van der Waals surface area contributed by atoms with E-state index in [0.717, 1.165) is 28.8 Å². The molecule has 1 saturated heterocycles. The topological polar surface area (TPSA) is 53.0 Å². The highest BCUT2D eigenvalue weighted by Crippen LogP contribution is 2.30. The van der Waals surface area contributed by atoms with Gasteiger partial charge in [-0.15, -0.1) is 0 Å². The number of hydrogen-bond donors (Lipinski definition) is 1. The van der Waals surface area contributed by atoms with Crippen molar-refractivity contribution in [2.24, 2.45) is 0 Å². The maximum absolute atomic E-state index is 11.7. The number of nitrogens with zero attached hydrogens (tertiary/aromatic N) is 2. The summed E-state index contributed by atoms with van der Waals surface area (Å²) in [6.45, 7) is 6.82. The molecule has 1 aromatic carbocycles. The van der Waals surface area contributed by atoms with Crippen LogP contribution >= 0.6 is 15.9 Å². The van der Waals surface area contributed by atoms with E-state index < -0.39 is 6.10 Å². The second kappa shape index (κ2) is 7.13. The number of aliphatic hydroxyl groups is 1. The fourth-order valence-electron chi connectivity index (χ4n) is 2.38. The molecule has 0 aromatic heterocycles. The summed E-state index contributed by atoms with van der Waals surface area (Å²) >= 11 is 3.56. The molecule has 1 aliphatic heterocycles. The van der Waals surface area contributed by atoms with Crippen LogP contribution in [0.3, 0.4) is 0 Å². The van der Waals surface area contributed by atoms with E-state index in [0.29, 0.717) is 19.7 Å². The van der Waals surface area contributed by atoms with Crippen LogP contribution < -0.4 is 4.90 Å². The summed E-state index contributed by atoms with van der Waals surface area (Å²) in [7, 11) is 0. The maximum atomic E-state index is 11.7. The molecule has 21 heavy (non-hydrogen) atoms. The van der Waals surface area contributed by atoms with Crippen LogP contribution in [0.25, 0.3) is 0 Å². The molecule has 1 aliphatic rings. The Bertz CT molecular complexity index is 500. The van der Waals surface area contributed by atoms with E-state index >= 15 is 0 Å². The lowest BCUT2D eigenvalue weighted by Gasteiger charge is -2.36. The van der Waals surface area contributed by atoms with Crippen LogP contribution in [0, 0.1) is 0 Å². The first-order valence-electron chi connectivity index (χ1n) is 7.17. The molecule has 1 fully saturated rings. The normalized spacial score (nSPS) is 16.8. The van der Waals surface area contributed by atoms with E-state index in [1.165, 1.54) is 0 Å². The molecule has 1 amide bonds. The van der Waals surface area contributed by atoms with Crippen LogP contribution in [0.15, 0.2) is 22.7 Å². The lowest BCUT2D eigenvalue weighted by molar-refractivity contribution is 0.105. The van der Waals surface area contributed by atoms with Gasteiger partial charge in [0.2, 0.25) is 0 Å². The molecular formula is C15H21BrN2O3. The van der Waals surface area contributed by atoms with Gasteiger partial charge in [0.25, 0.3) is 0 Å². The third kappa shape index (κ3) is 3.89. The molecule has 0 unspecified atom stereocenters. The molecule has 1 aromatic rings. The lowest BCUT2D eigenvalue weighted by Crippen LogP contribution is -2.49. The predicted molar refractivity (Wildman–Crippen MR) is 85.6 cm³/mol. The van der Waals surface area contributed by atoms with E-state index in [-0.39, 0.29) is 6.09 Å². The van der Waals surface area contributed by atoms with Gasteiger partial charge >= 0.3 is 6.09 Å². The Morgan fingerprint density at radius 1 is 1.38 bits per heavy atom. The van der Waals surface area contributed by atoms with Crippen LogP contribution in [0.5, 0.6) is 0 Å². The molecule has 6 heteroatoms. The summed E-state index contributed by atoms with van der Waals surface area (Å²) in [6, 6.07) is 5.88. The van der Waals surface area contributed by atoms with Crippen molar-refractivity contribution in [3.8, 4) is 0 Å². The number of piperazine rings is 1. The number of ether oxygens (including phenoxy) is 1. The lowest BCUT2D eigenvalue weighted by atomic mass is 10.1. The summed E-state index contributed by atoms with van der Waals surface area (Å²) in [5, 5.41) is 9.60. The van der Waals surface area contributed by atoms with Crippen molar-refractivity contribution in [1.82, 2.24) is 4.90 Å². The number of carbonyl (C=O) groups excluding carboxylic acids is 1. The van der Waals surface area contributed by atoms with Gasteiger partial charge in [0.1, 0.15) is 0 Å². The predicted octanol–water partition coefficient (Wildman–Crippen LogP) is 2.78. The number of halogens is 1. The van der Waals surface area contributed by atoms with Crippen molar-refractivity contribution in [1.29, 1.82) is 0 Å². The van der Waals surface area contributed by atoms with Crippen molar-refractivity contribution in [2.45, 2.75) is 20.0 Å². The maximum Gasteiger partial charge on any atom is 0.409 e. The number of hydrogen-bond acceptors (Lipinski definition) is 4. The molecule has 1 N–H and O–H groups in total. The standard InChI is InChI=1S/C15H21BrN2O3/c1-3-21-15(20)18-8-6-17(7-9-18)14-5-4-12(11(2)19)10-13(14)16/h4-5,10-11,19H,3,6-9H2,1-2H3/t11-/m0/s1. The van der Waals surface area contributed by atoms with E-state index in [4.69, 9.17) is 4.74 Å². The highest BCUT2D eigenvalue weighted by molar-refractivity contribution is 9.10. The first-order valence-corrected chi connectivity index (χ1v) is 7.96. The summed E-state index contributed by atoms with van der Waals surface area (Å²) in [6.07, 6.45) is -0.711. The zero-order valence-corrected chi connectivity index (χ0v) is 14.0. The van der Waals surface area contributed by atoms with Crippen molar-refractivity contribution in [3.05, 3.63) is 28.2 Å². The number of anilines is 1. The highest BCUT2D eigenvalue weighted by atomic mass is 79.9. The van der Waals surface area contributed by atoms with Crippen molar-refractivity contribution in [2.75, 3.05) is 37.7 Å². The monoisotopic (exact) mass is 356 g/mol. The quantitative estimate of drug-likeness (QED) is 0.904. The number of rotatable bonds is 3. The average Bonchev–Trinajstić information content (AvgIpc) is 2.47. The minimum absolute atomic E-state index is 0.235. The van der Waals surface area contributed by atoms with Gasteiger partial charge in [-0.3, -0.25) is 0 Å². The molecule has 0 spiro atoms. The molecule has 0 bridgehead atoms. The van der Waals surface area contributed by atoms with E-state index in [9.17, 15) is 9.90 Å². The Morgan fingerprint density at radius 2 is 2.05 bits per heavy atom. The second-order valence-electron chi connectivity index (χ2n) is 5.06. The van der Waals surface area contributed by atoms with E-state index in [1.807, 2.05) is 25.1 Å². The molecule has 2 rings (SSSR count). The number of carbonyl (C=O) groups is 1. The third-order valence-electron chi connectivity index (χ3n) is 3.60. The fraction of sp³-hybridized carbons (Fsp3) is 0.533. The molecule has 0 aliphatic carbocycles. The summed E-state index contributed by atoms with van der Waals surface area (Å²) < 4.78 is 5.98. The highest BCUT2D eigenvalue weighted by Gasteiger charge is 2.23. The Morgan fingerprint density at radius 3 is 2.57 bits per heavy atom.